The Hall–Kier alpha value is -3.55. The lowest BCUT2D eigenvalue weighted by Crippen LogP contribution is -2.11. The van der Waals surface area contributed by atoms with Crippen molar-refractivity contribution in [2.24, 2.45) is 0 Å². The summed E-state index contributed by atoms with van der Waals surface area (Å²) in [5, 5.41) is 0.263. The van der Waals surface area contributed by atoms with Crippen LogP contribution in [0.1, 0.15) is 12.5 Å². The number of alkyl halides is 3. The molecule has 0 radical (unpaired) electrons. The van der Waals surface area contributed by atoms with Gasteiger partial charge < -0.3 is 13.6 Å². The van der Waals surface area contributed by atoms with Crippen molar-refractivity contribution in [1.82, 2.24) is 0 Å². The molecule has 0 aliphatic heterocycles. The van der Waals surface area contributed by atoms with Crippen molar-refractivity contribution in [2.75, 3.05) is 6.61 Å². The van der Waals surface area contributed by atoms with E-state index in [1.54, 1.807) is 18.2 Å². The zero-order valence-corrected chi connectivity index (χ0v) is 15.0. The van der Waals surface area contributed by atoms with E-state index in [1.165, 1.54) is 18.2 Å². The lowest BCUT2D eigenvalue weighted by molar-refractivity contribution is -0.136. The van der Waals surface area contributed by atoms with Gasteiger partial charge in [0.05, 0.1) is 17.7 Å². The van der Waals surface area contributed by atoms with E-state index in [0.717, 1.165) is 6.07 Å². The summed E-state index contributed by atoms with van der Waals surface area (Å²) in [4.78, 5) is 23.9. The average Bonchev–Trinajstić information content (AvgIpc) is 2.66. The van der Waals surface area contributed by atoms with Crippen molar-refractivity contribution in [3.05, 3.63) is 74.9 Å². The van der Waals surface area contributed by atoms with Crippen LogP contribution in [0.15, 0.2) is 67.0 Å². The molecule has 0 aliphatic rings. The number of rotatable bonds is 3. The summed E-state index contributed by atoms with van der Waals surface area (Å²) >= 11 is 0. The molecular formula is C21H13F3O5. The van der Waals surface area contributed by atoms with Gasteiger partial charge in [-0.3, -0.25) is 0 Å². The van der Waals surface area contributed by atoms with E-state index >= 15 is 0 Å². The lowest BCUT2D eigenvalue weighted by Gasteiger charge is -2.10. The normalized spacial score (nSPS) is 11.9. The summed E-state index contributed by atoms with van der Waals surface area (Å²) in [6.45, 7) is 2.27. The molecule has 148 valence electrons. The summed E-state index contributed by atoms with van der Waals surface area (Å²) in [5.74, 6) is 0.534. The number of hydrogen-bond donors (Lipinski definition) is 0. The Labute approximate surface area is 160 Å². The molecule has 4 aromatic rings. The summed E-state index contributed by atoms with van der Waals surface area (Å²) in [7, 11) is 0. The Morgan fingerprint density at radius 2 is 1.72 bits per heavy atom. The quantitative estimate of drug-likeness (QED) is 0.452. The van der Waals surface area contributed by atoms with E-state index in [1.807, 2.05) is 6.92 Å². The summed E-state index contributed by atoms with van der Waals surface area (Å²) in [6.07, 6.45) is -4.75. The first-order valence-electron chi connectivity index (χ1n) is 8.62. The molecule has 29 heavy (non-hydrogen) atoms. The van der Waals surface area contributed by atoms with Gasteiger partial charge in [0, 0.05) is 22.9 Å². The second-order valence-electron chi connectivity index (χ2n) is 6.27. The topological polar surface area (TPSA) is 69.7 Å². The fourth-order valence-corrected chi connectivity index (χ4v) is 3.11. The van der Waals surface area contributed by atoms with Crippen LogP contribution in [-0.2, 0) is 6.18 Å². The van der Waals surface area contributed by atoms with Gasteiger partial charge in [0.2, 0.25) is 0 Å². The first kappa shape index (κ1) is 18.8. The van der Waals surface area contributed by atoms with E-state index in [9.17, 15) is 22.8 Å². The van der Waals surface area contributed by atoms with E-state index in [2.05, 4.69) is 0 Å². The largest absolute Gasteiger partial charge is 0.494 e. The first-order valence-corrected chi connectivity index (χ1v) is 8.62. The molecule has 0 N–H and O–H groups in total. The molecule has 8 heteroatoms. The van der Waals surface area contributed by atoms with E-state index in [4.69, 9.17) is 13.6 Å². The predicted octanol–water partition coefficient (Wildman–Crippen LogP) is 4.98. The van der Waals surface area contributed by atoms with Crippen LogP contribution < -0.4 is 16.0 Å². The standard InChI is InChI=1S/C21H13F3O5/c1-2-27-13-5-3-12-8-14(20(26)29-18(12)9-13)11-4-6-17-15(7-11)16(21(22,23)24)10-19(25)28-17/h3-10H,2H2,1H3. The molecule has 0 fully saturated rings. The molecule has 0 spiro atoms. The maximum absolute atomic E-state index is 13.3. The SMILES string of the molecule is CCOc1ccc2cc(-c3ccc4oc(=O)cc(C(F)(F)F)c4c3)c(=O)oc2c1. The molecule has 2 aromatic heterocycles. The number of fused-ring (bicyclic) bond motifs is 2. The van der Waals surface area contributed by atoms with Crippen molar-refractivity contribution in [1.29, 1.82) is 0 Å². The van der Waals surface area contributed by atoms with Gasteiger partial charge in [-0.1, -0.05) is 6.07 Å². The lowest BCUT2D eigenvalue weighted by atomic mass is 10.0. The molecule has 2 aromatic carbocycles. The number of halogens is 3. The van der Waals surface area contributed by atoms with Gasteiger partial charge in [-0.15, -0.1) is 0 Å². The summed E-state index contributed by atoms with van der Waals surface area (Å²) in [6, 6.07) is 10.7. The van der Waals surface area contributed by atoms with Crippen molar-refractivity contribution < 1.29 is 26.7 Å². The van der Waals surface area contributed by atoms with Crippen LogP contribution in [0.5, 0.6) is 5.75 Å². The zero-order valence-electron chi connectivity index (χ0n) is 15.0. The third kappa shape index (κ3) is 3.49. The highest BCUT2D eigenvalue weighted by atomic mass is 19.4. The number of benzene rings is 2. The molecule has 4 rings (SSSR count). The Morgan fingerprint density at radius 1 is 0.931 bits per heavy atom. The minimum absolute atomic E-state index is 0.0860. The maximum Gasteiger partial charge on any atom is 0.417 e. The third-order valence-electron chi connectivity index (χ3n) is 4.38. The molecule has 0 unspecified atom stereocenters. The molecule has 0 amide bonds. The molecule has 0 aliphatic carbocycles. The second kappa shape index (κ2) is 6.80. The van der Waals surface area contributed by atoms with Crippen LogP contribution >= 0.6 is 0 Å². The zero-order chi connectivity index (χ0) is 20.8. The first-order chi connectivity index (χ1) is 13.8. The van der Waals surface area contributed by atoms with Crippen LogP contribution in [0, 0.1) is 0 Å². The van der Waals surface area contributed by atoms with Crippen LogP contribution in [0.3, 0.4) is 0 Å². The highest BCUT2D eigenvalue weighted by molar-refractivity contribution is 5.88. The third-order valence-corrected chi connectivity index (χ3v) is 4.38. The minimum Gasteiger partial charge on any atom is -0.494 e. The Balaban J connectivity index is 1.92. The van der Waals surface area contributed by atoms with Gasteiger partial charge in [-0.05, 0) is 42.8 Å². The maximum atomic E-state index is 13.3. The molecular weight excluding hydrogens is 389 g/mol. The Kier molecular flexibility index (Phi) is 4.41. The fourth-order valence-electron chi connectivity index (χ4n) is 3.11. The smallest absolute Gasteiger partial charge is 0.417 e. The molecule has 0 saturated carbocycles. The molecule has 0 saturated heterocycles. The summed E-state index contributed by atoms with van der Waals surface area (Å²) < 4.78 is 55.6. The summed E-state index contributed by atoms with van der Waals surface area (Å²) in [5.41, 5.74) is -2.57. The highest BCUT2D eigenvalue weighted by Crippen LogP contribution is 2.35. The van der Waals surface area contributed by atoms with Crippen LogP contribution in [-0.4, -0.2) is 6.61 Å². The van der Waals surface area contributed by atoms with Crippen molar-refractivity contribution in [3.8, 4) is 16.9 Å². The van der Waals surface area contributed by atoms with Gasteiger partial charge in [-0.25, -0.2) is 9.59 Å². The average molecular weight is 402 g/mol. The van der Waals surface area contributed by atoms with Gasteiger partial charge in [-0.2, -0.15) is 13.2 Å². The monoisotopic (exact) mass is 402 g/mol. The van der Waals surface area contributed by atoms with Crippen LogP contribution in [0.25, 0.3) is 33.1 Å². The van der Waals surface area contributed by atoms with Crippen molar-refractivity contribution >= 4 is 21.9 Å². The van der Waals surface area contributed by atoms with Crippen LogP contribution in [0.2, 0.25) is 0 Å². The van der Waals surface area contributed by atoms with Gasteiger partial charge >= 0.3 is 17.4 Å². The number of ether oxygens (including phenoxy) is 1. The predicted molar refractivity (Wildman–Crippen MR) is 100 cm³/mol. The Morgan fingerprint density at radius 3 is 2.45 bits per heavy atom. The molecule has 0 bridgehead atoms. The fraction of sp³-hybridized carbons (Fsp3) is 0.143. The van der Waals surface area contributed by atoms with Gasteiger partial charge in [0.25, 0.3) is 0 Å². The molecule has 2 heterocycles. The van der Waals surface area contributed by atoms with Gasteiger partial charge in [0.15, 0.2) is 0 Å². The highest BCUT2D eigenvalue weighted by Gasteiger charge is 2.34. The molecule has 0 atom stereocenters. The number of hydrogen-bond acceptors (Lipinski definition) is 5. The van der Waals surface area contributed by atoms with E-state index < -0.39 is 23.0 Å². The minimum atomic E-state index is -4.75. The van der Waals surface area contributed by atoms with Gasteiger partial charge in [0.1, 0.15) is 16.9 Å². The van der Waals surface area contributed by atoms with Crippen molar-refractivity contribution in [2.45, 2.75) is 13.1 Å². The Bertz CT molecular complexity index is 1350. The van der Waals surface area contributed by atoms with E-state index in [-0.39, 0.29) is 22.1 Å². The second-order valence-corrected chi connectivity index (χ2v) is 6.27. The van der Waals surface area contributed by atoms with E-state index in [0.29, 0.717) is 29.4 Å². The molecule has 5 nitrogen and oxygen atoms in total. The van der Waals surface area contributed by atoms with Crippen molar-refractivity contribution in [3.63, 3.8) is 0 Å². The van der Waals surface area contributed by atoms with Crippen LogP contribution in [0.4, 0.5) is 13.2 Å².